The molecule has 0 unspecified atom stereocenters. The Morgan fingerprint density at radius 1 is 1.11 bits per heavy atom. The van der Waals surface area contributed by atoms with Crippen LogP contribution in [0.15, 0.2) is 23.3 Å². The van der Waals surface area contributed by atoms with E-state index in [1.54, 1.807) is 12.1 Å². The van der Waals surface area contributed by atoms with Crippen LogP contribution in [0.2, 0.25) is 15.1 Å². The van der Waals surface area contributed by atoms with E-state index in [0.717, 1.165) is 17.8 Å². The summed E-state index contributed by atoms with van der Waals surface area (Å²) in [6.07, 6.45) is 0.689. The Kier molecular flexibility index (Phi) is 4.22. The highest BCUT2D eigenvalue weighted by molar-refractivity contribution is 6.48. The van der Waals surface area contributed by atoms with Crippen molar-refractivity contribution >= 4 is 40.5 Å². The van der Waals surface area contributed by atoms with Crippen molar-refractivity contribution in [3.05, 3.63) is 38.3 Å². The maximum atomic E-state index is 8.86. The summed E-state index contributed by atoms with van der Waals surface area (Å²) in [5.74, 6) is 0. The molecule has 0 amide bonds. The zero-order valence-corrected chi connectivity index (χ0v) is 12.0. The van der Waals surface area contributed by atoms with Gasteiger partial charge in [0.2, 0.25) is 0 Å². The van der Waals surface area contributed by atoms with Gasteiger partial charge in [-0.3, -0.25) is 0 Å². The lowest BCUT2D eigenvalue weighted by Crippen LogP contribution is -2.18. The Balaban J connectivity index is 2.31. The van der Waals surface area contributed by atoms with Gasteiger partial charge in [0.1, 0.15) is 17.7 Å². The molecule has 0 N–H and O–H groups in total. The molecule has 0 aromatic heterocycles. The van der Waals surface area contributed by atoms with Crippen LogP contribution in [0.3, 0.4) is 0 Å². The summed E-state index contributed by atoms with van der Waals surface area (Å²) < 4.78 is 0. The van der Waals surface area contributed by atoms with Crippen LogP contribution in [-0.2, 0) is 0 Å². The average Bonchev–Trinajstić information content (AvgIpc) is 2.86. The molecule has 0 bridgehead atoms. The standard InChI is InChI=1S/C13H8Cl3N3/c14-11-3-10(4-12(15)13(11)16)19-2-1-8(7-19)9(5-17)6-18/h3-4H,1-2,7H2. The minimum atomic E-state index is 0.189. The molecule has 0 radical (unpaired) electrons. The number of anilines is 1. The molecule has 1 aliphatic heterocycles. The third-order valence-corrected chi connectivity index (χ3v) is 4.17. The maximum absolute atomic E-state index is 8.86. The first-order valence-corrected chi connectivity index (χ1v) is 6.62. The van der Waals surface area contributed by atoms with Gasteiger partial charge in [-0.15, -0.1) is 0 Å². The van der Waals surface area contributed by atoms with Crippen molar-refractivity contribution in [2.45, 2.75) is 6.42 Å². The fraction of sp³-hybridized carbons (Fsp3) is 0.231. The predicted molar refractivity (Wildman–Crippen MR) is 76.6 cm³/mol. The summed E-state index contributed by atoms with van der Waals surface area (Å²) in [5, 5.41) is 18.8. The minimum Gasteiger partial charge on any atom is -0.367 e. The van der Waals surface area contributed by atoms with Gasteiger partial charge in [-0.05, 0) is 24.1 Å². The highest BCUT2D eigenvalue weighted by Gasteiger charge is 2.21. The third kappa shape index (κ3) is 2.80. The fourth-order valence-electron chi connectivity index (χ4n) is 1.99. The highest BCUT2D eigenvalue weighted by Crippen LogP contribution is 2.36. The molecule has 0 atom stereocenters. The Bertz CT molecular complexity index is 599. The van der Waals surface area contributed by atoms with Crippen LogP contribution in [0.25, 0.3) is 0 Å². The van der Waals surface area contributed by atoms with Gasteiger partial charge in [0.05, 0.1) is 15.1 Å². The number of hydrogen-bond acceptors (Lipinski definition) is 3. The van der Waals surface area contributed by atoms with E-state index in [-0.39, 0.29) is 5.57 Å². The van der Waals surface area contributed by atoms with Gasteiger partial charge in [-0.1, -0.05) is 34.8 Å². The molecule has 1 fully saturated rings. The van der Waals surface area contributed by atoms with Gasteiger partial charge in [-0.2, -0.15) is 10.5 Å². The second kappa shape index (κ2) is 5.72. The monoisotopic (exact) mass is 311 g/mol. The molecule has 1 aliphatic rings. The van der Waals surface area contributed by atoms with Crippen LogP contribution in [0.1, 0.15) is 6.42 Å². The van der Waals surface area contributed by atoms with Crippen molar-refractivity contribution in [2.24, 2.45) is 0 Å². The predicted octanol–water partition coefficient (Wildman–Crippen LogP) is 4.20. The average molecular weight is 313 g/mol. The van der Waals surface area contributed by atoms with Gasteiger partial charge in [0.15, 0.2) is 0 Å². The van der Waals surface area contributed by atoms with E-state index in [2.05, 4.69) is 0 Å². The summed E-state index contributed by atoms with van der Waals surface area (Å²) >= 11 is 17.9. The van der Waals surface area contributed by atoms with E-state index in [4.69, 9.17) is 45.3 Å². The Hall–Kier alpha value is -1.39. The van der Waals surface area contributed by atoms with Crippen LogP contribution in [-0.4, -0.2) is 13.1 Å². The lowest BCUT2D eigenvalue weighted by Gasteiger charge is -2.18. The first kappa shape index (κ1) is 14.0. The molecule has 2 rings (SSSR count). The van der Waals surface area contributed by atoms with Gasteiger partial charge in [0, 0.05) is 18.8 Å². The van der Waals surface area contributed by atoms with Crippen molar-refractivity contribution in [2.75, 3.05) is 18.0 Å². The second-order valence-corrected chi connectivity index (χ2v) is 5.29. The maximum Gasteiger partial charge on any atom is 0.130 e. The van der Waals surface area contributed by atoms with E-state index in [1.807, 2.05) is 17.0 Å². The normalized spacial score (nSPS) is 14.2. The van der Waals surface area contributed by atoms with E-state index in [1.165, 1.54) is 0 Å². The number of allylic oxidation sites excluding steroid dienone is 1. The minimum absolute atomic E-state index is 0.189. The highest BCUT2D eigenvalue weighted by atomic mass is 35.5. The largest absolute Gasteiger partial charge is 0.367 e. The SMILES string of the molecule is N#CC(C#N)=C1CCN(c2cc(Cl)c(Cl)c(Cl)c2)C1. The molecule has 0 aliphatic carbocycles. The van der Waals surface area contributed by atoms with Crippen LogP contribution >= 0.6 is 34.8 Å². The van der Waals surface area contributed by atoms with Crippen LogP contribution in [0.5, 0.6) is 0 Å². The smallest absolute Gasteiger partial charge is 0.130 e. The molecule has 19 heavy (non-hydrogen) atoms. The molecule has 6 heteroatoms. The van der Waals surface area contributed by atoms with Crippen molar-refractivity contribution in [3.8, 4) is 12.1 Å². The molecule has 1 aromatic rings. The molecule has 1 saturated heterocycles. The zero-order valence-electron chi connectivity index (χ0n) is 9.75. The lowest BCUT2D eigenvalue weighted by molar-refractivity contribution is 0.968. The number of rotatable bonds is 1. The van der Waals surface area contributed by atoms with Crippen molar-refractivity contribution in [1.29, 1.82) is 10.5 Å². The first-order chi connectivity index (χ1) is 9.06. The van der Waals surface area contributed by atoms with Gasteiger partial charge >= 0.3 is 0 Å². The number of benzene rings is 1. The third-order valence-electron chi connectivity index (χ3n) is 2.98. The molecule has 0 spiro atoms. The fourth-order valence-corrected chi connectivity index (χ4v) is 2.58. The summed E-state index contributed by atoms with van der Waals surface area (Å²) in [5.41, 5.74) is 1.87. The van der Waals surface area contributed by atoms with Gasteiger partial charge in [0.25, 0.3) is 0 Å². The summed E-state index contributed by atoms with van der Waals surface area (Å²) in [6.45, 7) is 1.25. The van der Waals surface area contributed by atoms with E-state index < -0.39 is 0 Å². The molecule has 0 saturated carbocycles. The first-order valence-electron chi connectivity index (χ1n) is 5.48. The number of hydrogen-bond donors (Lipinski definition) is 0. The molecule has 1 heterocycles. The quantitative estimate of drug-likeness (QED) is 0.577. The lowest BCUT2D eigenvalue weighted by atomic mass is 10.1. The van der Waals surface area contributed by atoms with Crippen LogP contribution in [0, 0.1) is 22.7 Å². The second-order valence-electron chi connectivity index (χ2n) is 4.10. The number of halogens is 3. The topological polar surface area (TPSA) is 50.8 Å². The van der Waals surface area contributed by atoms with Crippen molar-refractivity contribution in [1.82, 2.24) is 0 Å². The van der Waals surface area contributed by atoms with Crippen LogP contribution < -0.4 is 4.90 Å². The molecule has 96 valence electrons. The summed E-state index contributed by atoms with van der Waals surface area (Å²) in [4.78, 5) is 2.01. The van der Waals surface area contributed by atoms with E-state index in [0.29, 0.717) is 28.0 Å². The number of nitriles is 2. The molecule has 1 aromatic carbocycles. The van der Waals surface area contributed by atoms with Crippen molar-refractivity contribution in [3.63, 3.8) is 0 Å². The van der Waals surface area contributed by atoms with E-state index >= 15 is 0 Å². The Labute approximate surface area is 126 Å². The Morgan fingerprint density at radius 2 is 1.68 bits per heavy atom. The summed E-state index contributed by atoms with van der Waals surface area (Å²) in [6, 6.07) is 7.30. The zero-order chi connectivity index (χ0) is 14.0. The molecular weight excluding hydrogens is 305 g/mol. The van der Waals surface area contributed by atoms with E-state index in [9.17, 15) is 0 Å². The summed E-state index contributed by atoms with van der Waals surface area (Å²) in [7, 11) is 0. The molecular formula is C13H8Cl3N3. The van der Waals surface area contributed by atoms with Crippen LogP contribution in [0.4, 0.5) is 5.69 Å². The van der Waals surface area contributed by atoms with Crippen molar-refractivity contribution < 1.29 is 0 Å². The molecule has 3 nitrogen and oxygen atoms in total. The van der Waals surface area contributed by atoms with Gasteiger partial charge in [-0.25, -0.2) is 0 Å². The van der Waals surface area contributed by atoms with Gasteiger partial charge < -0.3 is 4.90 Å². The Morgan fingerprint density at radius 3 is 2.21 bits per heavy atom. The number of nitrogens with zero attached hydrogens (tertiary/aromatic N) is 3.